The molecular formula is C23H28N4O4. The Balaban J connectivity index is 1.67. The molecular weight excluding hydrogens is 396 g/mol. The number of aromatic amines is 1. The van der Waals surface area contributed by atoms with Crippen LogP contribution in [0.3, 0.4) is 0 Å². The van der Waals surface area contributed by atoms with Gasteiger partial charge in [0.25, 0.3) is 11.7 Å². The molecule has 8 heteroatoms. The molecule has 2 aliphatic rings. The highest BCUT2D eigenvalue weighted by atomic mass is 16.5. The van der Waals surface area contributed by atoms with E-state index in [4.69, 9.17) is 4.74 Å². The molecule has 1 amide bonds. The predicted molar refractivity (Wildman–Crippen MR) is 115 cm³/mol. The van der Waals surface area contributed by atoms with Gasteiger partial charge in [0.2, 0.25) is 0 Å². The van der Waals surface area contributed by atoms with Crippen LogP contribution >= 0.6 is 0 Å². The Morgan fingerprint density at radius 3 is 2.52 bits per heavy atom. The average molecular weight is 425 g/mol. The third-order valence-electron chi connectivity index (χ3n) is 6.00. The van der Waals surface area contributed by atoms with Crippen LogP contribution in [0.4, 0.5) is 0 Å². The summed E-state index contributed by atoms with van der Waals surface area (Å²) in [6, 6.07) is 8.77. The first-order valence-corrected chi connectivity index (χ1v) is 10.6. The first-order valence-electron chi connectivity index (χ1n) is 10.6. The smallest absolute Gasteiger partial charge is 0.295 e. The maximum absolute atomic E-state index is 13.1. The summed E-state index contributed by atoms with van der Waals surface area (Å²) in [5.74, 6) is -1.40. The van der Waals surface area contributed by atoms with Crippen LogP contribution in [0.1, 0.15) is 35.0 Å². The number of carbonyl (C=O) groups is 2. The van der Waals surface area contributed by atoms with Crippen molar-refractivity contribution in [3.05, 3.63) is 58.4 Å². The van der Waals surface area contributed by atoms with Crippen molar-refractivity contribution in [2.24, 2.45) is 0 Å². The maximum atomic E-state index is 13.1. The molecule has 2 aromatic rings. The second-order valence-corrected chi connectivity index (χ2v) is 8.02. The minimum atomic E-state index is -0.655. The molecule has 0 aliphatic carbocycles. The second-order valence-electron chi connectivity index (χ2n) is 8.02. The molecule has 2 fully saturated rings. The Morgan fingerprint density at radius 1 is 1.16 bits per heavy atom. The summed E-state index contributed by atoms with van der Waals surface area (Å²) in [6.45, 7) is 7.99. The van der Waals surface area contributed by atoms with E-state index in [9.17, 15) is 14.7 Å². The minimum Gasteiger partial charge on any atom is -0.507 e. The van der Waals surface area contributed by atoms with Crippen LogP contribution in [-0.4, -0.2) is 76.2 Å². The molecule has 2 N–H and O–H groups in total. The van der Waals surface area contributed by atoms with Gasteiger partial charge < -0.3 is 14.7 Å². The van der Waals surface area contributed by atoms with Crippen LogP contribution < -0.4 is 0 Å². The van der Waals surface area contributed by atoms with Crippen LogP contribution in [0.25, 0.3) is 5.76 Å². The summed E-state index contributed by atoms with van der Waals surface area (Å²) in [4.78, 5) is 29.9. The van der Waals surface area contributed by atoms with Crippen molar-refractivity contribution >= 4 is 17.4 Å². The van der Waals surface area contributed by atoms with E-state index in [2.05, 4.69) is 15.1 Å². The summed E-state index contributed by atoms with van der Waals surface area (Å²) in [6.07, 6.45) is 0.736. The number of H-pyrrole nitrogens is 1. The van der Waals surface area contributed by atoms with E-state index in [1.165, 1.54) is 0 Å². The van der Waals surface area contributed by atoms with E-state index < -0.39 is 17.7 Å². The molecule has 2 aliphatic heterocycles. The Bertz CT molecular complexity index is 973. The van der Waals surface area contributed by atoms with Gasteiger partial charge in [0.15, 0.2) is 0 Å². The van der Waals surface area contributed by atoms with Crippen molar-refractivity contribution in [1.82, 2.24) is 20.0 Å². The number of hydrogen-bond donors (Lipinski definition) is 2. The number of benzene rings is 1. The number of Topliss-reactive ketones (excluding diaryl/α,β-unsaturated/α-hetero) is 1. The lowest BCUT2D eigenvalue weighted by molar-refractivity contribution is -0.140. The molecule has 0 unspecified atom stereocenters. The monoisotopic (exact) mass is 424 g/mol. The molecule has 1 atom stereocenters. The molecule has 0 saturated carbocycles. The third-order valence-corrected chi connectivity index (χ3v) is 6.00. The number of ketones is 1. The maximum Gasteiger partial charge on any atom is 0.295 e. The second kappa shape index (κ2) is 9.03. The summed E-state index contributed by atoms with van der Waals surface area (Å²) in [5.41, 5.74) is 2.64. The number of aliphatic hydroxyl groups is 1. The lowest BCUT2D eigenvalue weighted by Crippen LogP contribution is -2.38. The lowest BCUT2D eigenvalue weighted by atomic mass is 9.94. The molecule has 8 nitrogen and oxygen atoms in total. The van der Waals surface area contributed by atoms with Crippen LogP contribution in [0.2, 0.25) is 0 Å². The number of rotatable bonds is 6. The molecule has 2 saturated heterocycles. The number of nitrogens with zero attached hydrogens (tertiary/aromatic N) is 3. The Morgan fingerprint density at radius 2 is 1.87 bits per heavy atom. The molecule has 4 rings (SSSR count). The number of hydrogen-bond acceptors (Lipinski definition) is 6. The third kappa shape index (κ3) is 4.13. The van der Waals surface area contributed by atoms with Gasteiger partial charge in [-0.25, -0.2) is 0 Å². The summed E-state index contributed by atoms with van der Waals surface area (Å²) in [7, 11) is 0. The normalized spacial score (nSPS) is 21.7. The number of ether oxygens (including phenoxy) is 1. The SMILES string of the molecule is Cc1n[nH]c(C)c1/C(O)=C1\C(=O)C(=O)N(CCCN2CCOCC2)[C@@H]1c1ccccc1. The van der Waals surface area contributed by atoms with Crippen molar-refractivity contribution in [2.75, 3.05) is 39.4 Å². The molecule has 1 aromatic carbocycles. The Hall–Kier alpha value is -2.97. The van der Waals surface area contributed by atoms with Gasteiger partial charge in [0.05, 0.1) is 36.1 Å². The first-order chi connectivity index (χ1) is 15.0. The number of aromatic nitrogens is 2. The number of carbonyl (C=O) groups excluding carboxylic acids is 2. The van der Waals surface area contributed by atoms with Gasteiger partial charge in [-0.2, -0.15) is 5.10 Å². The van der Waals surface area contributed by atoms with E-state index in [0.29, 0.717) is 23.5 Å². The summed E-state index contributed by atoms with van der Waals surface area (Å²) >= 11 is 0. The molecule has 0 bridgehead atoms. The zero-order valence-electron chi connectivity index (χ0n) is 17.9. The Kier molecular flexibility index (Phi) is 6.20. The van der Waals surface area contributed by atoms with Crippen LogP contribution in [-0.2, 0) is 14.3 Å². The van der Waals surface area contributed by atoms with Crippen LogP contribution in [0, 0.1) is 13.8 Å². The van der Waals surface area contributed by atoms with Crippen LogP contribution in [0.15, 0.2) is 35.9 Å². The van der Waals surface area contributed by atoms with E-state index in [0.717, 1.165) is 44.8 Å². The fourth-order valence-electron chi connectivity index (χ4n) is 4.42. The highest BCUT2D eigenvalue weighted by Crippen LogP contribution is 2.40. The predicted octanol–water partition coefficient (Wildman–Crippen LogP) is 2.17. The molecule has 3 heterocycles. The van der Waals surface area contributed by atoms with Gasteiger partial charge in [-0.3, -0.25) is 19.6 Å². The molecule has 0 spiro atoms. The number of morpholine rings is 1. The Labute approximate surface area is 181 Å². The topological polar surface area (TPSA) is 98.8 Å². The molecule has 31 heavy (non-hydrogen) atoms. The lowest BCUT2D eigenvalue weighted by Gasteiger charge is -2.29. The van der Waals surface area contributed by atoms with Crippen molar-refractivity contribution < 1.29 is 19.4 Å². The van der Waals surface area contributed by atoms with E-state index in [1.807, 2.05) is 30.3 Å². The molecule has 0 radical (unpaired) electrons. The fourth-order valence-corrected chi connectivity index (χ4v) is 4.42. The van der Waals surface area contributed by atoms with E-state index in [1.54, 1.807) is 18.7 Å². The van der Waals surface area contributed by atoms with E-state index >= 15 is 0 Å². The van der Waals surface area contributed by atoms with Crippen molar-refractivity contribution in [2.45, 2.75) is 26.3 Å². The largest absolute Gasteiger partial charge is 0.507 e. The van der Waals surface area contributed by atoms with Gasteiger partial charge in [-0.15, -0.1) is 0 Å². The minimum absolute atomic E-state index is 0.121. The van der Waals surface area contributed by atoms with E-state index in [-0.39, 0.29) is 11.3 Å². The quantitative estimate of drug-likeness (QED) is 0.419. The van der Waals surface area contributed by atoms with Crippen molar-refractivity contribution in [1.29, 1.82) is 0 Å². The number of amides is 1. The number of nitrogens with one attached hydrogen (secondary N) is 1. The van der Waals surface area contributed by atoms with Gasteiger partial charge >= 0.3 is 0 Å². The van der Waals surface area contributed by atoms with Gasteiger partial charge in [0, 0.05) is 31.9 Å². The zero-order valence-corrected chi connectivity index (χ0v) is 17.9. The molecule has 164 valence electrons. The number of likely N-dealkylation sites (tertiary alicyclic amines) is 1. The fraction of sp³-hybridized carbons (Fsp3) is 0.435. The van der Waals surface area contributed by atoms with Crippen LogP contribution in [0.5, 0.6) is 0 Å². The standard InChI is InChI=1S/C23H28N4O4/c1-15-18(16(2)25-24-15)21(28)19-20(17-7-4-3-5-8-17)27(23(30)22(19)29)10-6-9-26-11-13-31-14-12-26/h3-5,7-8,20,28H,6,9-14H2,1-2H3,(H,24,25)/b21-19+/t20-/m1/s1. The molecule has 1 aromatic heterocycles. The first kappa shape index (κ1) is 21.3. The van der Waals surface area contributed by atoms with Gasteiger partial charge in [-0.1, -0.05) is 30.3 Å². The number of aryl methyl sites for hydroxylation is 2. The average Bonchev–Trinajstić information content (AvgIpc) is 3.25. The highest BCUT2D eigenvalue weighted by Gasteiger charge is 2.46. The highest BCUT2D eigenvalue weighted by molar-refractivity contribution is 6.46. The van der Waals surface area contributed by atoms with Gasteiger partial charge in [0.1, 0.15) is 5.76 Å². The van der Waals surface area contributed by atoms with Crippen molar-refractivity contribution in [3.8, 4) is 0 Å². The van der Waals surface area contributed by atoms with Crippen molar-refractivity contribution in [3.63, 3.8) is 0 Å². The number of aliphatic hydroxyl groups excluding tert-OH is 1. The summed E-state index contributed by atoms with van der Waals surface area (Å²) < 4.78 is 5.39. The van der Waals surface area contributed by atoms with Gasteiger partial charge in [-0.05, 0) is 25.8 Å². The summed E-state index contributed by atoms with van der Waals surface area (Å²) in [5, 5.41) is 18.1. The zero-order chi connectivity index (χ0) is 22.0.